The molecule has 0 saturated heterocycles. The van der Waals surface area contributed by atoms with Crippen LogP contribution in [0.3, 0.4) is 0 Å². The fourth-order valence-electron chi connectivity index (χ4n) is 1.65. The summed E-state index contributed by atoms with van der Waals surface area (Å²) in [6.07, 6.45) is 3.50. The number of nitrogens with one attached hydrogen (secondary N) is 1. The van der Waals surface area contributed by atoms with Gasteiger partial charge < -0.3 is 25.0 Å². The molecule has 0 aromatic heterocycles. The largest absolute Gasteiger partial charge is 0.490 e. The Morgan fingerprint density at radius 2 is 1.50 bits per heavy atom. The summed E-state index contributed by atoms with van der Waals surface area (Å²) >= 11 is 0. The topological polar surface area (TPSA) is 105 Å². The lowest BCUT2D eigenvalue weighted by molar-refractivity contribution is -0.159. The van der Waals surface area contributed by atoms with Crippen molar-refractivity contribution in [2.45, 2.75) is 33.1 Å². The van der Waals surface area contributed by atoms with Crippen LogP contribution < -0.4 is 14.8 Å². The minimum Gasteiger partial charge on any atom is -0.490 e. The molecule has 0 saturated carbocycles. The Kier molecular flexibility index (Phi) is 13.0. The summed E-state index contributed by atoms with van der Waals surface area (Å²) in [5.41, 5.74) is 0. The van der Waals surface area contributed by atoms with E-state index in [0.29, 0.717) is 6.61 Å². The van der Waals surface area contributed by atoms with Crippen LogP contribution in [0.1, 0.15) is 33.1 Å². The Bertz CT molecular complexity index is 466. The lowest BCUT2D eigenvalue weighted by atomic mass is 10.3. The predicted octanol–water partition coefficient (Wildman–Crippen LogP) is 2.40. The van der Waals surface area contributed by atoms with Crippen LogP contribution in [0.2, 0.25) is 0 Å². The maximum absolute atomic E-state index is 9.10. The zero-order chi connectivity index (χ0) is 18.2. The van der Waals surface area contributed by atoms with E-state index in [9.17, 15) is 0 Å². The molecule has 24 heavy (non-hydrogen) atoms. The van der Waals surface area contributed by atoms with E-state index < -0.39 is 11.9 Å². The molecule has 0 atom stereocenters. The Morgan fingerprint density at radius 1 is 0.958 bits per heavy atom. The average Bonchev–Trinajstić information content (AvgIpc) is 2.56. The van der Waals surface area contributed by atoms with Crippen molar-refractivity contribution in [2.75, 3.05) is 26.3 Å². The van der Waals surface area contributed by atoms with Gasteiger partial charge in [-0.15, -0.1) is 0 Å². The summed E-state index contributed by atoms with van der Waals surface area (Å²) < 4.78 is 11.2. The van der Waals surface area contributed by atoms with Crippen LogP contribution in [0.4, 0.5) is 0 Å². The van der Waals surface area contributed by atoms with Crippen LogP contribution in [0.15, 0.2) is 24.3 Å². The molecule has 0 fully saturated rings. The molecule has 7 heteroatoms. The van der Waals surface area contributed by atoms with Crippen molar-refractivity contribution < 1.29 is 29.3 Å². The van der Waals surface area contributed by atoms with Gasteiger partial charge in [0.1, 0.15) is 0 Å². The van der Waals surface area contributed by atoms with Crippen LogP contribution in [-0.2, 0) is 9.59 Å². The first-order valence-electron chi connectivity index (χ1n) is 8.04. The van der Waals surface area contributed by atoms with E-state index in [4.69, 9.17) is 29.3 Å². The van der Waals surface area contributed by atoms with Crippen molar-refractivity contribution in [3.05, 3.63) is 24.3 Å². The van der Waals surface area contributed by atoms with Crippen molar-refractivity contribution in [2.24, 2.45) is 0 Å². The second-order valence-corrected chi connectivity index (χ2v) is 4.80. The number of hydrogen-bond donors (Lipinski definition) is 3. The van der Waals surface area contributed by atoms with Crippen molar-refractivity contribution in [1.82, 2.24) is 5.32 Å². The molecule has 0 aliphatic heterocycles. The molecule has 0 radical (unpaired) electrons. The van der Waals surface area contributed by atoms with Crippen molar-refractivity contribution in [3.63, 3.8) is 0 Å². The molecule has 3 N–H and O–H groups in total. The molecule has 1 rings (SSSR count). The van der Waals surface area contributed by atoms with Gasteiger partial charge in [0.2, 0.25) is 0 Å². The highest BCUT2D eigenvalue weighted by Gasteiger charge is 2.04. The first-order valence-corrected chi connectivity index (χ1v) is 8.04. The highest BCUT2D eigenvalue weighted by molar-refractivity contribution is 6.27. The number of hydrogen-bond acceptors (Lipinski definition) is 5. The quantitative estimate of drug-likeness (QED) is 0.443. The molecule has 7 nitrogen and oxygen atoms in total. The molecular formula is C17H27NO6. The Hall–Kier alpha value is -2.28. The summed E-state index contributed by atoms with van der Waals surface area (Å²) in [5.74, 6) is -1.98. The highest BCUT2D eigenvalue weighted by Crippen LogP contribution is 2.26. The number of benzene rings is 1. The standard InChI is InChI=1S/C15H25NO2.C2H2O4/c1-3-5-11-16-12-8-13-18-15-10-7-6-9-14(15)17-4-2;3-1(4)2(5)6/h6-7,9-10,16H,3-5,8,11-13H2,1-2H3;(H,3,4)(H,5,6). The maximum Gasteiger partial charge on any atom is 0.414 e. The zero-order valence-corrected chi connectivity index (χ0v) is 14.3. The van der Waals surface area contributed by atoms with Crippen LogP contribution in [0.25, 0.3) is 0 Å². The smallest absolute Gasteiger partial charge is 0.414 e. The van der Waals surface area contributed by atoms with Crippen LogP contribution in [0, 0.1) is 0 Å². The third kappa shape index (κ3) is 11.3. The SMILES string of the molecule is CCCCNCCCOc1ccccc1OCC.O=C(O)C(=O)O. The predicted molar refractivity (Wildman–Crippen MR) is 90.8 cm³/mol. The highest BCUT2D eigenvalue weighted by atomic mass is 16.5. The molecule has 136 valence electrons. The molecular weight excluding hydrogens is 314 g/mol. The van der Waals surface area contributed by atoms with E-state index >= 15 is 0 Å². The lowest BCUT2D eigenvalue weighted by Gasteiger charge is -2.11. The van der Waals surface area contributed by atoms with E-state index in [2.05, 4.69) is 12.2 Å². The van der Waals surface area contributed by atoms with E-state index in [0.717, 1.165) is 37.6 Å². The second-order valence-electron chi connectivity index (χ2n) is 4.80. The normalized spacial score (nSPS) is 9.58. The number of para-hydroxylation sites is 2. The fourth-order valence-corrected chi connectivity index (χ4v) is 1.65. The number of ether oxygens (including phenoxy) is 2. The number of carbonyl (C=O) groups is 2. The van der Waals surface area contributed by atoms with Gasteiger partial charge in [0, 0.05) is 0 Å². The average molecular weight is 341 g/mol. The van der Waals surface area contributed by atoms with E-state index in [1.807, 2.05) is 31.2 Å². The van der Waals surface area contributed by atoms with Gasteiger partial charge in [-0.3, -0.25) is 0 Å². The molecule has 0 unspecified atom stereocenters. The number of aliphatic carboxylic acids is 2. The van der Waals surface area contributed by atoms with Gasteiger partial charge in [-0.2, -0.15) is 0 Å². The molecule has 1 aromatic carbocycles. The van der Waals surface area contributed by atoms with Crippen molar-refractivity contribution in [3.8, 4) is 11.5 Å². The van der Waals surface area contributed by atoms with Gasteiger partial charge in [0.05, 0.1) is 13.2 Å². The van der Waals surface area contributed by atoms with Gasteiger partial charge in [0.25, 0.3) is 0 Å². The maximum atomic E-state index is 9.10. The molecule has 0 aliphatic carbocycles. The zero-order valence-electron chi connectivity index (χ0n) is 14.3. The summed E-state index contributed by atoms with van der Waals surface area (Å²) in [6, 6.07) is 7.83. The monoisotopic (exact) mass is 341 g/mol. The summed E-state index contributed by atoms with van der Waals surface area (Å²) in [4.78, 5) is 18.2. The van der Waals surface area contributed by atoms with Crippen LogP contribution in [-0.4, -0.2) is 48.5 Å². The van der Waals surface area contributed by atoms with Gasteiger partial charge in [0.15, 0.2) is 11.5 Å². The summed E-state index contributed by atoms with van der Waals surface area (Å²) in [7, 11) is 0. The van der Waals surface area contributed by atoms with E-state index in [-0.39, 0.29) is 0 Å². The minimum atomic E-state index is -1.82. The Labute approximate surface area is 142 Å². The summed E-state index contributed by atoms with van der Waals surface area (Å²) in [5, 5.41) is 18.2. The fraction of sp³-hybridized carbons (Fsp3) is 0.529. The van der Waals surface area contributed by atoms with Crippen molar-refractivity contribution >= 4 is 11.9 Å². The van der Waals surface area contributed by atoms with Crippen molar-refractivity contribution in [1.29, 1.82) is 0 Å². The minimum absolute atomic E-state index is 0.666. The first kappa shape index (κ1) is 21.7. The number of unbranched alkanes of at least 4 members (excludes halogenated alkanes) is 1. The van der Waals surface area contributed by atoms with E-state index in [1.165, 1.54) is 12.8 Å². The molecule has 0 spiro atoms. The third-order valence-electron chi connectivity index (χ3n) is 2.79. The van der Waals surface area contributed by atoms with Gasteiger partial charge in [-0.05, 0) is 45.0 Å². The molecule has 0 heterocycles. The molecule has 0 amide bonds. The summed E-state index contributed by atoms with van der Waals surface area (Å²) in [6.45, 7) is 7.69. The van der Waals surface area contributed by atoms with Gasteiger partial charge in [-0.25, -0.2) is 9.59 Å². The van der Waals surface area contributed by atoms with E-state index in [1.54, 1.807) is 0 Å². The Balaban J connectivity index is 0.000000754. The van der Waals surface area contributed by atoms with Gasteiger partial charge >= 0.3 is 11.9 Å². The molecule has 0 bridgehead atoms. The van der Waals surface area contributed by atoms with Crippen LogP contribution in [0.5, 0.6) is 11.5 Å². The number of carboxylic acids is 2. The number of rotatable bonds is 10. The van der Waals surface area contributed by atoms with Crippen LogP contribution >= 0.6 is 0 Å². The molecule has 1 aromatic rings. The second kappa shape index (κ2) is 14.3. The first-order chi connectivity index (χ1) is 11.5. The third-order valence-corrected chi connectivity index (χ3v) is 2.79. The number of carboxylic acid groups (broad SMARTS) is 2. The lowest BCUT2D eigenvalue weighted by Crippen LogP contribution is -2.18. The molecule has 0 aliphatic rings. The Morgan fingerprint density at radius 3 is 2.00 bits per heavy atom. The van der Waals surface area contributed by atoms with Gasteiger partial charge in [-0.1, -0.05) is 25.5 Å².